The first-order valence-corrected chi connectivity index (χ1v) is 11.0. The third-order valence-corrected chi connectivity index (χ3v) is 7.02. The maximum atomic E-state index is 13.6. The highest BCUT2D eigenvalue weighted by Crippen LogP contribution is 2.53. The van der Waals surface area contributed by atoms with Gasteiger partial charge in [-0.25, -0.2) is 0 Å². The minimum Gasteiger partial charge on any atom is -0.378 e. The number of hydrogen-bond donors (Lipinski definition) is 1. The number of benzene rings is 1. The topological polar surface area (TPSA) is 66.3 Å². The van der Waals surface area contributed by atoms with Gasteiger partial charge in [0.1, 0.15) is 0 Å². The van der Waals surface area contributed by atoms with Crippen LogP contribution in [0, 0.1) is 5.41 Å². The molecule has 1 aliphatic carbocycles. The zero-order valence-electron chi connectivity index (χ0n) is 18.1. The number of carbonyl (C=O) groups is 1. The van der Waals surface area contributed by atoms with Crippen LogP contribution in [0.25, 0.3) is 0 Å². The van der Waals surface area contributed by atoms with Crippen molar-refractivity contribution in [2.24, 2.45) is 15.6 Å². The Morgan fingerprint density at radius 3 is 2.80 bits per heavy atom. The second kappa shape index (κ2) is 7.05. The smallest absolute Gasteiger partial charge is 0.164 e. The lowest BCUT2D eigenvalue weighted by Gasteiger charge is -2.48. The number of azo groups is 1. The molecule has 0 aromatic heterocycles. The molecule has 0 amide bonds. The Morgan fingerprint density at radius 1 is 1.23 bits per heavy atom. The minimum absolute atomic E-state index is 0.0466. The molecule has 6 nitrogen and oxygen atoms in total. The predicted octanol–water partition coefficient (Wildman–Crippen LogP) is 4.09. The molecule has 6 heteroatoms. The van der Waals surface area contributed by atoms with Crippen molar-refractivity contribution in [2.75, 3.05) is 31.2 Å². The SMILES string of the molecule is CC[C@@]1(c2cccc(N3CCOCC3)c2)C2=CN=NC2NC2=C1C(=O)CC(C)(C)C2. The molecule has 3 aliphatic heterocycles. The molecule has 1 aromatic rings. The van der Waals surface area contributed by atoms with Gasteiger partial charge in [0.2, 0.25) is 0 Å². The van der Waals surface area contributed by atoms with Crippen LogP contribution >= 0.6 is 0 Å². The molecule has 3 heterocycles. The fourth-order valence-electron chi connectivity index (χ4n) is 5.68. The second-order valence-electron chi connectivity index (χ2n) is 9.57. The summed E-state index contributed by atoms with van der Waals surface area (Å²) in [5.74, 6) is 0.249. The lowest BCUT2D eigenvalue weighted by molar-refractivity contribution is -0.119. The van der Waals surface area contributed by atoms with Gasteiger partial charge in [-0.2, -0.15) is 10.2 Å². The number of allylic oxidation sites excluding steroid dienone is 2. The molecule has 1 aromatic carbocycles. The maximum Gasteiger partial charge on any atom is 0.164 e. The average Bonchev–Trinajstić information content (AvgIpc) is 3.21. The lowest BCUT2D eigenvalue weighted by Crippen LogP contribution is -2.51. The van der Waals surface area contributed by atoms with Crippen molar-refractivity contribution < 1.29 is 9.53 Å². The number of ketones is 1. The van der Waals surface area contributed by atoms with Gasteiger partial charge in [0, 0.05) is 42.0 Å². The number of nitrogens with zero attached hydrogens (tertiary/aromatic N) is 3. The summed E-state index contributed by atoms with van der Waals surface area (Å²) in [7, 11) is 0. The van der Waals surface area contributed by atoms with Crippen molar-refractivity contribution in [3.8, 4) is 0 Å². The summed E-state index contributed by atoms with van der Waals surface area (Å²) in [5, 5.41) is 12.3. The van der Waals surface area contributed by atoms with Crippen molar-refractivity contribution in [2.45, 2.75) is 51.6 Å². The largest absolute Gasteiger partial charge is 0.378 e. The van der Waals surface area contributed by atoms with E-state index >= 15 is 0 Å². The molecule has 158 valence electrons. The van der Waals surface area contributed by atoms with Crippen LogP contribution in [0.5, 0.6) is 0 Å². The van der Waals surface area contributed by atoms with E-state index in [2.05, 4.69) is 65.5 Å². The van der Waals surface area contributed by atoms with E-state index in [1.54, 1.807) is 0 Å². The van der Waals surface area contributed by atoms with Crippen LogP contribution in [0.3, 0.4) is 0 Å². The highest BCUT2D eigenvalue weighted by molar-refractivity contribution is 6.01. The van der Waals surface area contributed by atoms with Gasteiger partial charge in [0.25, 0.3) is 0 Å². The Morgan fingerprint density at radius 2 is 2.03 bits per heavy atom. The fourth-order valence-corrected chi connectivity index (χ4v) is 5.68. The number of hydrogen-bond acceptors (Lipinski definition) is 6. The molecule has 0 saturated carbocycles. The van der Waals surface area contributed by atoms with Gasteiger partial charge in [0.15, 0.2) is 11.9 Å². The van der Waals surface area contributed by atoms with E-state index in [0.29, 0.717) is 6.42 Å². The number of carbonyl (C=O) groups excluding carboxylic acids is 1. The lowest BCUT2D eigenvalue weighted by atomic mass is 9.59. The van der Waals surface area contributed by atoms with Crippen LogP contribution in [0.4, 0.5) is 5.69 Å². The number of morpholine rings is 1. The van der Waals surface area contributed by atoms with Crippen LogP contribution in [-0.2, 0) is 14.9 Å². The summed E-state index contributed by atoms with van der Waals surface area (Å²) in [6.07, 6.45) is 3.93. The van der Waals surface area contributed by atoms with Crippen molar-refractivity contribution in [3.05, 3.63) is 52.9 Å². The van der Waals surface area contributed by atoms with E-state index in [9.17, 15) is 4.79 Å². The Kier molecular flexibility index (Phi) is 4.58. The van der Waals surface area contributed by atoms with Crippen molar-refractivity contribution in [3.63, 3.8) is 0 Å². The van der Waals surface area contributed by atoms with E-state index in [0.717, 1.165) is 56.0 Å². The van der Waals surface area contributed by atoms with Crippen molar-refractivity contribution >= 4 is 11.5 Å². The molecule has 0 spiro atoms. The summed E-state index contributed by atoms with van der Waals surface area (Å²) in [6.45, 7) is 9.81. The van der Waals surface area contributed by atoms with E-state index in [4.69, 9.17) is 4.74 Å². The van der Waals surface area contributed by atoms with Crippen LogP contribution in [-0.4, -0.2) is 38.3 Å². The van der Waals surface area contributed by atoms with Crippen LogP contribution < -0.4 is 10.2 Å². The van der Waals surface area contributed by atoms with Gasteiger partial charge < -0.3 is 15.0 Å². The van der Waals surface area contributed by atoms with E-state index in [-0.39, 0.29) is 17.4 Å². The van der Waals surface area contributed by atoms with Crippen LogP contribution in [0.2, 0.25) is 0 Å². The quantitative estimate of drug-likeness (QED) is 0.821. The molecule has 0 radical (unpaired) electrons. The molecular formula is C24H30N4O2. The molecule has 1 unspecified atom stereocenters. The molecule has 1 saturated heterocycles. The third-order valence-electron chi connectivity index (χ3n) is 7.02. The predicted molar refractivity (Wildman–Crippen MR) is 116 cm³/mol. The molecular weight excluding hydrogens is 376 g/mol. The molecule has 0 bridgehead atoms. The monoisotopic (exact) mass is 406 g/mol. The van der Waals surface area contributed by atoms with Gasteiger partial charge in [0.05, 0.1) is 24.8 Å². The van der Waals surface area contributed by atoms with Gasteiger partial charge in [-0.1, -0.05) is 32.9 Å². The molecule has 1 N–H and O–H groups in total. The van der Waals surface area contributed by atoms with E-state index < -0.39 is 5.41 Å². The normalized spacial score (nSPS) is 30.0. The second-order valence-corrected chi connectivity index (χ2v) is 9.57. The van der Waals surface area contributed by atoms with Crippen molar-refractivity contribution in [1.29, 1.82) is 0 Å². The van der Waals surface area contributed by atoms with Crippen molar-refractivity contribution in [1.82, 2.24) is 5.32 Å². The zero-order chi connectivity index (χ0) is 20.9. The zero-order valence-corrected chi connectivity index (χ0v) is 18.1. The van der Waals surface area contributed by atoms with Crippen LogP contribution in [0.15, 0.2) is 57.5 Å². The molecule has 1 fully saturated rings. The number of Topliss-reactive ketones (excluding diaryl/α,β-unsaturated/α-hetero) is 1. The fraction of sp³-hybridized carbons (Fsp3) is 0.542. The van der Waals surface area contributed by atoms with Gasteiger partial charge >= 0.3 is 0 Å². The van der Waals surface area contributed by atoms with Crippen LogP contribution in [0.1, 0.15) is 45.6 Å². The molecule has 2 atom stereocenters. The Hall–Kier alpha value is -2.47. The van der Waals surface area contributed by atoms with Gasteiger partial charge in [-0.05, 0) is 36.0 Å². The summed E-state index contributed by atoms with van der Waals surface area (Å²) in [4.78, 5) is 15.9. The summed E-state index contributed by atoms with van der Waals surface area (Å²) in [6, 6.07) is 8.73. The Balaban J connectivity index is 1.68. The number of fused-ring (bicyclic) bond motifs is 1. The number of nitrogens with one attached hydrogen (secondary N) is 1. The Labute approximate surface area is 178 Å². The molecule has 4 aliphatic rings. The number of anilines is 1. The van der Waals surface area contributed by atoms with Gasteiger partial charge in [-0.15, -0.1) is 0 Å². The summed E-state index contributed by atoms with van der Waals surface area (Å²) < 4.78 is 5.53. The third kappa shape index (κ3) is 2.92. The first kappa shape index (κ1) is 19.5. The minimum atomic E-state index is -0.482. The highest BCUT2D eigenvalue weighted by Gasteiger charge is 2.53. The first-order chi connectivity index (χ1) is 14.4. The highest BCUT2D eigenvalue weighted by atomic mass is 16.5. The summed E-state index contributed by atoms with van der Waals surface area (Å²) in [5.41, 5.74) is 4.91. The van der Waals surface area contributed by atoms with Gasteiger partial charge in [-0.3, -0.25) is 4.79 Å². The van der Waals surface area contributed by atoms with E-state index in [1.165, 1.54) is 11.3 Å². The molecule has 5 rings (SSSR count). The maximum absolute atomic E-state index is 13.6. The molecule has 30 heavy (non-hydrogen) atoms. The standard InChI is InChI=1S/C24H30N4O2/c1-4-24(16-6-5-7-17(12-16)28-8-10-30-11-9-28)18-15-25-27-22(18)26-19-13-23(2,3)14-20(29)21(19)24/h5-7,12,15,22,26H,4,8-11,13-14H2,1-3H3/t22?,24-/m1/s1. The number of ether oxygens (including phenoxy) is 1. The Bertz CT molecular complexity index is 971. The summed E-state index contributed by atoms with van der Waals surface area (Å²) >= 11 is 0. The average molecular weight is 407 g/mol. The first-order valence-electron chi connectivity index (χ1n) is 11.0. The number of rotatable bonds is 3. The van der Waals surface area contributed by atoms with E-state index in [1.807, 2.05) is 6.20 Å².